The van der Waals surface area contributed by atoms with Crippen LogP contribution in [0, 0.1) is 5.92 Å². The molecule has 0 amide bonds. The summed E-state index contributed by atoms with van der Waals surface area (Å²) in [6.07, 6.45) is 9.26. The van der Waals surface area contributed by atoms with Gasteiger partial charge in [-0.15, -0.1) is 0 Å². The highest BCUT2D eigenvalue weighted by atomic mass is 16.5. The summed E-state index contributed by atoms with van der Waals surface area (Å²) in [6, 6.07) is 7.90. The molecule has 0 radical (unpaired) electrons. The molecule has 146 valence electrons. The fourth-order valence-electron chi connectivity index (χ4n) is 3.54. The topological polar surface area (TPSA) is 64.4 Å². The van der Waals surface area contributed by atoms with E-state index in [0.717, 1.165) is 48.1 Å². The van der Waals surface area contributed by atoms with Crippen molar-refractivity contribution in [2.45, 2.75) is 39.5 Å². The number of hydrogen-bond donors (Lipinski definition) is 0. The monoisotopic (exact) mass is 377 g/mol. The van der Waals surface area contributed by atoms with Crippen molar-refractivity contribution >= 4 is 17.8 Å². The summed E-state index contributed by atoms with van der Waals surface area (Å²) in [7, 11) is 1.66. The van der Waals surface area contributed by atoms with Gasteiger partial charge in [-0.1, -0.05) is 57.4 Å². The molecule has 1 heterocycles. The minimum Gasteiger partial charge on any atom is -0.462 e. The number of benzene rings is 1. The zero-order valence-electron chi connectivity index (χ0n) is 16.8. The minimum atomic E-state index is -0.358. The first-order valence-corrected chi connectivity index (χ1v) is 9.95. The van der Waals surface area contributed by atoms with E-state index in [9.17, 15) is 4.79 Å². The number of ether oxygens (including phenoxy) is 1. The highest BCUT2D eigenvalue weighted by Gasteiger charge is 2.30. The predicted molar refractivity (Wildman–Crippen MR) is 112 cm³/mol. The maximum atomic E-state index is 13.0. The molecule has 0 aliphatic heterocycles. The first-order valence-electron chi connectivity index (χ1n) is 9.95. The van der Waals surface area contributed by atoms with Gasteiger partial charge in [0.25, 0.3) is 0 Å². The Kier molecular flexibility index (Phi) is 6.69. The molecule has 5 nitrogen and oxygen atoms in total. The second-order valence-electron chi connectivity index (χ2n) is 6.99. The number of nitrogens with zero attached hydrogens (tertiary/aromatic N) is 3. The third-order valence-corrected chi connectivity index (χ3v) is 5.13. The zero-order chi connectivity index (χ0) is 19.9. The molecular formula is C23H27N3O2. The van der Waals surface area contributed by atoms with Crippen LogP contribution >= 0.6 is 0 Å². The number of esters is 1. The predicted octanol–water partition coefficient (Wildman–Crippen LogP) is 4.72. The van der Waals surface area contributed by atoms with Crippen LogP contribution in [0.4, 0.5) is 0 Å². The standard InChI is InChI=1S/C23H27N3O2/c1-4-6-9-16(5-2)15-28-23(27)19(14-24-3)20-17-10-7-8-11-18(17)21-22(20)26-13-12-25-21/h7-8,10-14,16H,4-6,9,15H2,1-3H3/b20-19-,24-14+. The lowest BCUT2D eigenvalue weighted by Crippen LogP contribution is -2.17. The molecule has 1 unspecified atom stereocenters. The smallest absolute Gasteiger partial charge is 0.340 e. The fourth-order valence-corrected chi connectivity index (χ4v) is 3.54. The average molecular weight is 377 g/mol. The molecule has 28 heavy (non-hydrogen) atoms. The molecule has 0 bridgehead atoms. The summed E-state index contributed by atoms with van der Waals surface area (Å²) in [5.74, 6) is 0.0283. The first-order chi connectivity index (χ1) is 13.7. The van der Waals surface area contributed by atoms with Gasteiger partial charge in [0.2, 0.25) is 0 Å². The molecule has 1 atom stereocenters. The number of carbonyl (C=O) groups is 1. The van der Waals surface area contributed by atoms with E-state index in [0.29, 0.717) is 23.8 Å². The molecule has 1 aliphatic carbocycles. The number of hydrogen-bond acceptors (Lipinski definition) is 5. The van der Waals surface area contributed by atoms with Gasteiger partial charge >= 0.3 is 5.97 Å². The molecule has 2 aromatic rings. The summed E-state index contributed by atoms with van der Waals surface area (Å²) in [6.45, 7) is 4.74. The van der Waals surface area contributed by atoms with Crippen molar-refractivity contribution in [1.29, 1.82) is 0 Å². The van der Waals surface area contributed by atoms with E-state index in [2.05, 4.69) is 28.8 Å². The quantitative estimate of drug-likeness (QED) is 0.324. The maximum Gasteiger partial charge on any atom is 0.340 e. The van der Waals surface area contributed by atoms with E-state index in [1.807, 2.05) is 24.3 Å². The minimum absolute atomic E-state index is 0.358. The summed E-state index contributed by atoms with van der Waals surface area (Å²) < 4.78 is 5.71. The molecule has 3 rings (SSSR count). The van der Waals surface area contributed by atoms with Crippen LogP contribution in [-0.4, -0.2) is 35.8 Å². The van der Waals surface area contributed by atoms with E-state index in [1.54, 1.807) is 25.7 Å². The highest BCUT2D eigenvalue weighted by Crippen LogP contribution is 2.43. The van der Waals surface area contributed by atoms with Gasteiger partial charge in [-0.2, -0.15) is 0 Å². The van der Waals surface area contributed by atoms with Crippen LogP contribution in [0.15, 0.2) is 47.2 Å². The molecule has 0 saturated heterocycles. The average Bonchev–Trinajstić information content (AvgIpc) is 3.06. The number of rotatable bonds is 8. The Morgan fingerprint density at radius 2 is 1.86 bits per heavy atom. The summed E-state index contributed by atoms with van der Waals surface area (Å²) in [4.78, 5) is 26.1. The second kappa shape index (κ2) is 9.40. The third-order valence-electron chi connectivity index (χ3n) is 5.13. The SMILES string of the molecule is CCCCC(CC)COC(=O)C(/C=N/C)=C1/c2ccccc2-c2nccnc21. The van der Waals surface area contributed by atoms with Gasteiger partial charge in [0.15, 0.2) is 0 Å². The number of fused-ring (bicyclic) bond motifs is 3. The van der Waals surface area contributed by atoms with E-state index >= 15 is 0 Å². The second-order valence-corrected chi connectivity index (χ2v) is 6.99. The van der Waals surface area contributed by atoms with Crippen LogP contribution in [0.2, 0.25) is 0 Å². The molecule has 1 aliphatic rings. The molecule has 0 N–H and O–H groups in total. The van der Waals surface area contributed by atoms with Crippen molar-refractivity contribution in [2.24, 2.45) is 10.9 Å². The third kappa shape index (κ3) is 4.03. The maximum absolute atomic E-state index is 13.0. The largest absolute Gasteiger partial charge is 0.462 e. The molecule has 0 saturated carbocycles. The van der Waals surface area contributed by atoms with Crippen LogP contribution in [0.25, 0.3) is 16.8 Å². The zero-order valence-corrected chi connectivity index (χ0v) is 16.8. The number of aromatic nitrogens is 2. The Labute approximate surface area is 166 Å². The summed E-state index contributed by atoms with van der Waals surface area (Å²) >= 11 is 0. The first kappa shape index (κ1) is 19.9. The number of aliphatic imine (C=N–C) groups is 1. The van der Waals surface area contributed by atoms with Crippen molar-refractivity contribution in [3.05, 3.63) is 53.5 Å². The van der Waals surface area contributed by atoms with Gasteiger partial charge in [-0.25, -0.2) is 4.79 Å². The fraction of sp³-hybridized carbons (Fsp3) is 0.391. The van der Waals surface area contributed by atoms with Gasteiger partial charge in [0, 0.05) is 36.8 Å². The van der Waals surface area contributed by atoms with Gasteiger partial charge in [0.05, 0.1) is 23.6 Å². The van der Waals surface area contributed by atoms with Crippen LogP contribution in [-0.2, 0) is 9.53 Å². The molecule has 0 spiro atoms. The van der Waals surface area contributed by atoms with E-state index < -0.39 is 0 Å². The van der Waals surface area contributed by atoms with Gasteiger partial charge in [0.1, 0.15) is 0 Å². The summed E-state index contributed by atoms with van der Waals surface area (Å²) in [5, 5.41) is 0. The lowest BCUT2D eigenvalue weighted by Gasteiger charge is -2.15. The lowest BCUT2D eigenvalue weighted by molar-refractivity contribution is -0.139. The van der Waals surface area contributed by atoms with Crippen LogP contribution in [0.1, 0.15) is 50.8 Å². The van der Waals surface area contributed by atoms with Crippen molar-refractivity contribution in [3.63, 3.8) is 0 Å². The van der Waals surface area contributed by atoms with Crippen molar-refractivity contribution < 1.29 is 9.53 Å². The molecule has 0 fully saturated rings. The lowest BCUT2D eigenvalue weighted by atomic mass is 9.99. The van der Waals surface area contributed by atoms with Gasteiger partial charge in [-0.3, -0.25) is 15.0 Å². The van der Waals surface area contributed by atoms with Crippen LogP contribution < -0.4 is 0 Å². The Bertz CT molecular complexity index is 855. The number of unbranched alkanes of at least 4 members (excludes halogenated alkanes) is 1. The Morgan fingerprint density at radius 3 is 2.54 bits per heavy atom. The van der Waals surface area contributed by atoms with Gasteiger partial charge in [-0.05, 0) is 17.9 Å². The van der Waals surface area contributed by atoms with E-state index in [-0.39, 0.29) is 5.97 Å². The normalized spacial score (nSPS) is 15.2. The summed E-state index contributed by atoms with van der Waals surface area (Å²) in [5.41, 5.74) is 4.58. The number of carbonyl (C=O) groups excluding carboxylic acids is 1. The highest BCUT2D eigenvalue weighted by molar-refractivity contribution is 6.20. The Morgan fingerprint density at radius 1 is 1.14 bits per heavy atom. The molecule has 1 aromatic carbocycles. The van der Waals surface area contributed by atoms with Crippen LogP contribution in [0.5, 0.6) is 0 Å². The van der Waals surface area contributed by atoms with Crippen molar-refractivity contribution in [2.75, 3.05) is 13.7 Å². The van der Waals surface area contributed by atoms with Crippen LogP contribution in [0.3, 0.4) is 0 Å². The Hall–Kier alpha value is -2.82. The van der Waals surface area contributed by atoms with Crippen molar-refractivity contribution in [1.82, 2.24) is 9.97 Å². The molecule has 1 aromatic heterocycles. The van der Waals surface area contributed by atoms with E-state index in [4.69, 9.17) is 4.74 Å². The molecule has 5 heteroatoms. The van der Waals surface area contributed by atoms with Gasteiger partial charge < -0.3 is 4.74 Å². The van der Waals surface area contributed by atoms with E-state index in [1.165, 1.54) is 0 Å². The molecular weight excluding hydrogens is 350 g/mol. The van der Waals surface area contributed by atoms with Crippen molar-refractivity contribution in [3.8, 4) is 11.3 Å². The Balaban J connectivity index is 1.97.